The molecule has 0 aliphatic carbocycles. The first-order valence-electron chi connectivity index (χ1n) is 3.76. The Kier molecular flexibility index (Phi) is 1.30. The minimum absolute atomic E-state index is 0.714. The summed E-state index contributed by atoms with van der Waals surface area (Å²) in [6.45, 7) is 3.83. The molecule has 0 amide bonds. The van der Waals surface area contributed by atoms with Crippen molar-refractivity contribution >= 4 is 11.3 Å². The van der Waals surface area contributed by atoms with Crippen LogP contribution in [0.3, 0.4) is 0 Å². The van der Waals surface area contributed by atoms with Crippen LogP contribution in [0.5, 0.6) is 0 Å². The highest BCUT2D eigenvalue weighted by molar-refractivity contribution is 5.53. The SMILES string of the molecule is Cc1nc2ccnn2c(C)c1N. The molecule has 0 radical (unpaired) electrons. The van der Waals surface area contributed by atoms with Gasteiger partial charge in [-0.25, -0.2) is 9.50 Å². The minimum atomic E-state index is 0.714. The second kappa shape index (κ2) is 2.20. The Morgan fingerprint density at radius 1 is 1.42 bits per heavy atom. The third-order valence-corrected chi connectivity index (χ3v) is 2.00. The van der Waals surface area contributed by atoms with E-state index in [1.54, 1.807) is 10.7 Å². The van der Waals surface area contributed by atoms with Gasteiger partial charge in [-0.1, -0.05) is 0 Å². The van der Waals surface area contributed by atoms with E-state index < -0.39 is 0 Å². The number of rotatable bonds is 0. The molecule has 62 valence electrons. The van der Waals surface area contributed by atoms with Gasteiger partial charge in [-0.2, -0.15) is 5.10 Å². The smallest absolute Gasteiger partial charge is 0.155 e. The quantitative estimate of drug-likeness (QED) is 0.627. The monoisotopic (exact) mass is 162 g/mol. The average Bonchev–Trinajstić information content (AvgIpc) is 2.48. The van der Waals surface area contributed by atoms with Crippen molar-refractivity contribution in [3.8, 4) is 0 Å². The van der Waals surface area contributed by atoms with Gasteiger partial charge >= 0.3 is 0 Å². The molecular formula is C8H10N4. The maximum Gasteiger partial charge on any atom is 0.155 e. The highest BCUT2D eigenvalue weighted by Crippen LogP contribution is 2.14. The van der Waals surface area contributed by atoms with E-state index in [-0.39, 0.29) is 0 Å². The molecule has 2 aromatic rings. The number of nitrogens with zero attached hydrogens (tertiary/aromatic N) is 3. The Morgan fingerprint density at radius 3 is 2.92 bits per heavy atom. The molecular weight excluding hydrogens is 152 g/mol. The van der Waals surface area contributed by atoms with Gasteiger partial charge in [-0.15, -0.1) is 0 Å². The summed E-state index contributed by atoms with van der Waals surface area (Å²) in [5.41, 5.74) is 9.15. The predicted octanol–water partition coefficient (Wildman–Crippen LogP) is 0.928. The average molecular weight is 162 g/mol. The molecule has 4 nitrogen and oxygen atoms in total. The third kappa shape index (κ3) is 0.777. The number of fused-ring (bicyclic) bond motifs is 1. The zero-order valence-corrected chi connectivity index (χ0v) is 7.07. The van der Waals surface area contributed by atoms with Crippen LogP contribution in [-0.4, -0.2) is 14.6 Å². The fraction of sp³-hybridized carbons (Fsp3) is 0.250. The highest BCUT2D eigenvalue weighted by atomic mass is 15.3. The van der Waals surface area contributed by atoms with Crippen LogP contribution in [0.1, 0.15) is 11.4 Å². The van der Waals surface area contributed by atoms with Gasteiger partial charge in [-0.3, -0.25) is 0 Å². The number of nitrogen functional groups attached to an aromatic ring is 1. The fourth-order valence-corrected chi connectivity index (χ4v) is 1.25. The summed E-state index contributed by atoms with van der Waals surface area (Å²) >= 11 is 0. The third-order valence-electron chi connectivity index (χ3n) is 2.00. The molecule has 4 heteroatoms. The van der Waals surface area contributed by atoms with E-state index in [0.29, 0.717) is 5.69 Å². The number of hydrogen-bond donors (Lipinski definition) is 1. The van der Waals surface area contributed by atoms with Crippen molar-refractivity contribution < 1.29 is 0 Å². The van der Waals surface area contributed by atoms with Crippen LogP contribution in [0.4, 0.5) is 5.69 Å². The number of aromatic nitrogens is 3. The summed E-state index contributed by atoms with van der Waals surface area (Å²) in [6.07, 6.45) is 1.72. The Balaban J connectivity index is 2.94. The van der Waals surface area contributed by atoms with E-state index in [1.165, 1.54) is 0 Å². The summed E-state index contributed by atoms with van der Waals surface area (Å²) < 4.78 is 1.74. The van der Waals surface area contributed by atoms with Gasteiger partial charge in [0.1, 0.15) is 0 Å². The molecule has 0 aliphatic rings. The van der Waals surface area contributed by atoms with Gasteiger partial charge in [0, 0.05) is 6.07 Å². The number of aryl methyl sites for hydroxylation is 2. The molecule has 12 heavy (non-hydrogen) atoms. The predicted molar refractivity (Wildman–Crippen MR) is 46.9 cm³/mol. The lowest BCUT2D eigenvalue weighted by Crippen LogP contribution is -2.04. The second-order valence-electron chi connectivity index (χ2n) is 2.80. The summed E-state index contributed by atoms with van der Waals surface area (Å²) in [6, 6.07) is 1.86. The zero-order chi connectivity index (χ0) is 8.72. The van der Waals surface area contributed by atoms with Crippen molar-refractivity contribution in [1.29, 1.82) is 0 Å². The standard InChI is InChI=1S/C8H10N4/c1-5-8(9)6(2)12-7(11-5)3-4-10-12/h3-4H,9H2,1-2H3. The van der Waals surface area contributed by atoms with Crippen molar-refractivity contribution in [1.82, 2.24) is 14.6 Å². The van der Waals surface area contributed by atoms with Gasteiger partial charge < -0.3 is 5.73 Å². The molecule has 2 heterocycles. The zero-order valence-electron chi connectivity index (χ0n) is 7.07. The molecule has 0 saturated carbocycles. The van der Waals surface area contributed by atoms with Gasteiger partial charge in [0.15, 0.2) is 5.65 Å². The van der Waals surface area contributed by atoms with Crippen LogP contribution in [0.25, 0.3) is 5.65 Å². The summed E-state index contributed by atoms with van der Waals surface area (Å²) in [7, 11) is 0. The topological polar surface area (TPSA) is 56.2 Å². The summed E-state index contributed by atoms with van der Waals surface area (Å²) in [5, 5.41) is 4.09. The fourth-order valence-electron chi connectivity index (χ4n) is 1.25. The van der Waals surface area contributed by atoms with Crippen LogP contribution in [-0.2, 0) is 0 Å². The molecule has 0 saturated heterocycles. The Bertz CT molecular complexity index is 430. The van der Waals surface area contributed by atoms with E-state index in [2.05, 4.69) is 10.1 Å². The summed E-state index contributed by atoms with van der Waals surface area (Å²) in [5.74, 6) is 0. The maximum atomic E-state index is 5.78. The van der Waals surface area contributed by atoms with E-state index in [9.17, 15) is 0 Å². The molecule has 0 aromatic carbocycles. The molecule has 0 fully saturated rings. The molecule has 2 aromatic heterocycles. The van der Waals surface area contributed by atoms with Gasteiger partial charge in [0.2, 0.25) is 0 Å². The van der Waals surface area contributed by atoms with Gasteiger partial charge in [-0.05, 0) is 13.8 Å². The first-order chi connectivity index (χ1) is 5.70. The minimum Gasteiger partial charge on any atom is -0.396 e. The first-order valence-corrected chi connectivity index (χ1v) is 3.76. The summed E-state index contributed by atoms with van der Waals surface area (Å²) in [4.78, 5) is 4.27. The van der Waals surface area contributed by atoms with Crippen molar-refractivity contribution in [2.45, 2.75) is 13.8 Å². The van der Waals surface area contributed by atoms with Crippen LogP contribution < -0.4 is 5.73 Å². The molecule has 2 N–H and O–H groups in total. The molecule has 2 rings (SSSR count). The maximum absolute atomic E-state index is 5.78. The second-order valence-corrected chi connectivity index (χ2v) is 2.80. The van der Waals surface area contributed by atoms with Crippen LogP contribution in [0.15, 0.2) is 12.3 Å². The Labute approximate surface area is 70.0 Å². The lowest BCUT2D eigenvalue weighted by atomic mass is 10.3. The Hall–Kier alpha value is -1.58. The highest BCUT2D eigenvalue weighted by Gasteiger charge is 2.05. The largest absolute Gasteiger partial charge is 0.396 e. The number of anilines is 1. The van der Waals surface area contributed by atoms with E-state index >= 15 is 0 Å². The lowest BCUT2D eigenvalue weighted by molar-refractivity contribution is 0.891. The van der Waals surface area contributed by atoms with Crippen molar-refractivity contribution in [3.05, 3.63) is 23.7 Å². The number of nitrogens with two attached hydrogens (primary N) is 1. The van der Waals surface area contributed by atoms with Gasteiger partial charge in [0.25, 0.3) is 0 Å². The van der Waals surface area contributed by atoms with Gasteiger partial charge in [0.05, 0.1) is 23.3 Å². The molecule has 0 spiro atoms. The molecule has 0 bridgehead atoms. The molecule has 0 unspecified atom stereocenters. The number of hydrogen-bond acceptors (Lipinski definition) is 3. The van der Waals surface area contributed by atoms with E-state index in [1.807, 2.05) is 19.9 Å². The van der Waals surface area contributed by atoms with Crippen LogP contribution >= 0.6 is 0 Å². The van der Waals surface area contributed by atoms with Crippen molar-refractivity contribution in [2.24, 2.45) is 0 Å². The van der Waals surface area contributed by atoms with Crippen molar-refractivity contribution in [2.75, 3.05) is 5.73 Å². The van der Waals surface area contributed by atoms with Crippen molar-refractivity contribution in [3.63, 3.8) is 0 Å². The molecule has 0 atom stereocenters. The Morgan fingerprint density at radius 2 is 2.17 bits per heavy atom. The van der Waals surface area contributed by atoms with Crippen LogP contribution in [0.2, 0.25) is 0 Å². The first kappa shape index (κ1) is 7.09. The van der Waals surface area contributed by atoms with Crippen LogP contribution in [0, 0.1) is 13.8 Å². The molecule has 0 aliphatic heterocycles. The van der Waals surface area contributed by atoms with E-state index in [4.69, 9.17) is 5.73 Å². The van der Waals surface area contributed by atoms with E-state index in [0.717, 1.165) is 17.0 Å². The lowest BCUT2D eigenvalue weighted by Gasteiger charge is -2.04. The normalized spacial score (nSPS) is 10.8.